The van der Waals surface area contributed by atoms with Gasteiger partial charge in [-0.15, -0.1) is 12.4 Å². The van der Waals surface area contributed by atoms with Crippen molar-refractivity contribution in [2.24, 2.45) is 16.7 Å². The van der Waals surface area contributed by atoms with E-state index in [1.165, 1.54) is 12.8 Å². The van der Waals surface area contributed by atoms with Crippen LogP contribution in [0.25, 0.3) is 0 Å². The average Bonchev–Trinajstić information content (AvgIpc) is 2.26. The molecule has 0 aromatic rings. The highest BCUT2D eigenvalue weighted by molar-refractivity contribution is 5.85. The van der Waals surface area contributed by atoms with Gasteiger partial charge in [-0.05, 0) is 36.1 Å². The van der Waals surface area contributed by atoms with Crippen LogP contribution in [0.2, 0.25) is 0 Å². The highest BCUT2D eigenvalue weighted by Gasteiger charge is 2.28. The van der Waals surface area contributed by atoms with Crippen molar-refractivity contribution in [1.82, 2.24) is 10.6 Å². The molecule has 2 unspecified atom stereocenters. The quantitative estimate of drug-likeness (QED) is 0.836. The first kappa shape index (κ1) is 18.7. The summed E-state index contributed by atoms with van der Waals surface area (Å²) in [7, 11) is 0. The monoisotopic (exact) mass is 290 g/mol. The van der Waals surface area contributed by atoms with Crippen molar-refractivity contribution in [3.63, 3.8) is 0 Å². The maximum absolute atomic E-state index is 12.0. The minimum absolute atomic E-state index is 0. The van der Waals surface area contributed by atoms with Crippen molar-refractivity contribution >= 4 is 18.3 Å². The highest BCUT2D eigenvalue weighted by Crippen LogP contribution is 2.28. The van der Waals surface area contributed by atoms with Crippen LogP contribution in [-0.4, -0.2) is 25.5 Å². The van der Waals surface area contributed by atoms with Gasteiger partial charge in [-0.3, -0.25) is 4.79 Å². The summed E-state index contributed by atoms with van der Waals surface area (Å²) in [5.41, 5.74) is 0.437. The van der Waals surface area contributed by atoms with Crippen molar-refractivity contribution in [2.75, 3.05) is 19.6 Å². The summed E-state index contributed by atoms with van der Waals surface area (Å²) in [5, 5.41) is 6.53. The smallest absolute Gasteiger partial charge is 0.220 e. The number of carbonyl (C=O) groups is 1. The molecule has 1 rings (SSSR count). The summed E-state index contributed by atoms with van der Waals surface area (Å²) < 4.78 is 0. The summed E-state index contributed by atoms with van der Waals surface area (Å²) in [6.45, 7) is 13.9. The first-order valence-corrected chi connectivity index (χ1v) is 7.20. The fraction of sp³-hybridized carbons (Fsp3) is 0.933. The van der Waals surface area contributed by atoms with E-state index < -0.39 is 0 Å². The number of carbonyl (C=O) groups excluding carboxylic acids is 1. The lowest BCUT2D eigenvalue weighted by Crippen LogP contribution is -2.46. The Kier molecular flexibility index (Phi) is 7.38. The number of halogens is 1. The third-order valence-electron chi connectivity index (χ3n) is 4.37. The number of nitrogens with one attached hydrogen (secondary N) is 2. The van der Waals surface area contributed by atoms with Crippen LogP contribution >= 0.6 is 12.4 Å². The van der Waals surface area contributed by atoms with Gasteiger partial charge in [0.05, 0.1) is 0 Å². The maximum Gasteiger partial charge on any atom is 0.220 e. The molecule has 0 saturated carbocycles. The largest absolute Gasteiger partial charge is 0.355 e. The van der Waals surface area contributed by atoms with E-state index in [1.54, 1.807) is 0 Å². The van der Waals surface area contributed by atoms with E-state index in [4.69, 9.17) is 0 Å². The fourth-order valence-electron chi connectivity index (χ4n) is 2.24. The summed E-state index contributed by atoms with van der Waals surface area (Å²) in [6.07, 6.45) is 3.05. The van der Waals surface area contributed by atoms with Crippen molar-refractivity contribution in [3.05, 3.63) is 0 Å². The lowest BCUT2D eigenvalue weighted by Gasteiger charge is -2.34. The van der Waals surface area contributed by atoms with Crippen LogP contribution in [0.3, 0.4) is 0 Å². The molecule has 1 heterocycles. The second-order valence-electron chi connectivity index (χ2n) is 7.34. The molecule has 3 nitrogen and oxygen atoms in total. The maximum atomic E-state index is 12.0. The Bertz CT molecular complexity index is 280. The molecule has 1 aliphatic rings. The predicted octanol–water partition coefficient (Wildman–Crippen LogP) is 2.99. The number of hydrogen-bond acceptors (Lipinski definition) is 2. The fourth-order valence-corrected chi connectivity index (χ4v) is 2.24. The van der Waals surface area contributed by atoms with Crippen LogP contribution in [0.15, 0.2) is 0 Å². The van der Waals surface area contributed by atoms with Gasteiger partial charge in [0.15, 0.2) is 0 Å². The standard InChI is InChI=1S/C15H30N2O.ClH/c1-12(14(2,3)4)9-13(18)17-11-15(5)7-6-8-16-10-15;/h12,16H,6-11H2,1-5H3,(H,17,18);1H. The van der Waals surface area contributed by atoms with E-state index in [-0.39, 0.29) is 29.1 Å². The number of rotatable bonds is 4. The second-order valence-corrected chi connectivity index (χ2v) is 7.34. The lowest BCUT2D eigenvalue weighted by atomic mass is 9.79. The van der Waals surface area contributed by atoms with Crippen LogP contribution in [0.1, 0.15) is 53.9 Å². The normalized spacial score (nSPS) is 25.3. The van der Waals surface area contributed by atoms with E-state index in [9.17, 15) is 4.79 Å². The molecule has 1 aliphatic heterocycles. The van der Waals surface area contributed by atoms with E-state index in [2.05, 4.69) is 45.3 Å². The molecule has 2 N–H and O–H groups in total. The van der Waals surface area contributed by atoms with E-state index in [0.29, 0.717) is 12.3 Å². The number of hydrogen-bond donors (Lipinski definition) is 2. The third-order valence-corrected chi connectivity index (χ3v) is 4.37. The molecule has 4 heteroatoms. The van der Waals surface area contributed by atoms with Gasteiger partial charge in [0, 0.05) is 19.5 Å². The van der Waals surface area contributed by atoms with Crippen LogP contribution in [0.5, 0.6) is 0 Å². The Balaban J connectivity index is 0.00000324. The van der Waals surface area contributed by atoms with E-state index in [1.807, 2.05) is 0 Å². The molecule has 1 saturated heterocycles. The molecule has 0 spiro atoms. The first-order valence-electron chi connectivity index (χ1n) is 7.20. The Labute approximate surface area is 124 Å². The molecule has 0 aliphatic carbocycles. The molecule has 0 bridgehead atoms. The summed E-state index contributed by atoms with van der Waals surface area (Å²) >= 11 is 0. The van der Waals surface area contributed by atoms with Gasteiger partial charge in [-0.25, -0.2) is 0 Å². The van der Waals surface area contributed by atoms with Crippen molar-refractivity contribution in [2.45, 2.75) is 53.9 Å². The van der Waals surface area contributed by atoms with Gasteiger partial charge in [0.25, 0.3) is 0 Å². The molecule has 0 aromatic carbocycles. The van der Waals surface area contributed by atoms with Gasteiger partial charge < -0.3 is 10.6 Å². The Morgan fingerprint density at radius 2 is 2.05 bits per heavy atom. The summed E-state index contributed by atoms with van der Waals surface area (Å²) in [5.74, 6) is 0.610. The number of piperidine rings is 1. The zero-order chi connectivity index (χ0) is 13.8. The lowest BCUT2D eigenvalue weighted by molar-refractivity contribution is -0.123. The van der Waals surface area contributed by atoms with Crippen LogP contribution in [0.4, 0.5) is 0 Å². The molecule has 1 amide bonds. The first-order chi connectivity index (χ1) is 8.23. The Morgan fingerprint density at radius 3 is 2.53 bits per heavy atom. The highest BCUT2D eigenvalue weighted by atomic mass is 35.5. The molecule has 2 atom stereocenters. The van der Waals surface area contributed by atoms with Crippen LogP contribution < -0.4 is 10.6 Å². The van der Waals surface area contributed by atoms with Crippen molar-refractivity contribution < 1.29 is 4.79 Å². The predicted molar refractivity (Wildman–Crippen MR) is 83.7 cm³/mol. The van der Waals surface area contributed by atoms with E-state index >= 15 is 0 Å². The zero-order valence-corrected chi connectivity index (χ0v) is 14.0. The third kappa shape index (κ3) is 6.62. The van der Waals surface area contributed by atoms with Gasteiger partial charge in [0.2, 0.25) is 5.91 Å². The van der Waals surface area contributed by atoms with E-state index in [0.717, 1.165) is 19.6 Å². The zero-order valence-electron chi connectivity index (χ0n) is 13.1. The van der Waals surface area contributed by atoms with Gasteiger partial charge >= 0.3 is 0 Å². The molecular formula is C15H31ClN2O. The number of amides is 1. The molecule has 0 radical (unpaired) electrons. The SMILES string of the molecule is CC(CC(=O)NCC1(C)CCCNC1)C(C)(C)C.Cl. The minimum atomic E-state index is 0. The van der Waals surface area contributed by atoms with Gasteiger partial charge in [-0.2, -0.15) is 0 Å². The van der Waals surface area contributed by atoms with Crippen LogP contribution in [-0.2, 0) is 4.79 Å². The molecule has 0 aromatic heterocycles. The van der Waals surface area contributed by atoms with Crippen LogP contribution in [0, 0.1) is 16.7 Å². The Hall–Kier alpha value is -0.280. The summed E-state index contributed by atoms with van der Waals surface area (Å²) in [4.78, 5) is 12.0. The average molecular weight is 291 g/mol. The summed E-state index contributed by atoms with van der Waals surface area (Å²) in [6, 6.07) is 0. The molecular weight excluding hydrogens is 260 g/mol. The van der Waals surface area contributed by atoms with Gasteiger partial charge in [0.1, 0.15) is 0 Å². The minimum Gasteiger partial charge on any atom is -0.355 e. The topological polar surface area (TPSA) is 41.1 Å². The van der Waals surface area contributed by atoms with Gasteiger partial charge in [-0.1, -0.05) is 34.6 Å². The molecule has 19 heavy (non-hydrogen) atoms. The van der Waals surface area contributed by atoms with Crippen molar-refractivity contribution in [3.8, 4) is 0 Å². The van der Waals surface area contributed by atoms with Crippen molar-refractivity contribution in [1.29, 1.82) is 0 Å². The molecule has 1 fully saturated rings. The second kappa shape index (κ2) is 7.49. The Morgan fingerprint density at radius 1 is 1.42 bits per heavy atom. The molecule has 114 valence electrons.